The Labute approximate surface area is 144 Å². The van der Waals surface area contributed by atoms with Crippen molar-refractivity contribution in [2.45, 2.75) is 13.0 Å². The smallest absolute Gasteiger partial charge is 0.142 e. The third-order valence-corrected chi connectivity index (χ3v) is 4.87. The molecule has 0 spiro atoms. The molecule has 2 aromatic rings. The van der Waals surface area contributed by atoms with Gasteiger partial charge < -0.3 is 15.4 Å². The lowest BCUT2D eigenvalue weighted by molar-refractivity contribution is 0.190. The molecular weight excluding hydrogens is 298 g/mol. The topological polar surface area (TPSA) is 41.7 Å². The largest absolute Gasteiger partial charge is 0.495 e. The number of methoxy groups -OCH3 is 1. The molecule has 4 heteroatoms. The molecule has 0 unspecified atom stereocenters. The van der Waals surface area contributed by atoms with E-state index in [1.165, 1.54) is 16.8 Å². The Bertz CT molecular complexity index is 648. The minimum atomic E-state index is 0.297. The van der Waals surface area contributed by atoms with Crippen molar-refractivity contribution < 1.29 is 4.74 Å². The quantitative estimate of drug-likeness (QED) is 0.918. The van der Waals surface area contributed by atoms with Crippen molar-refractivity contribution in [2.24, 2.45) is 5.73 Å². The minimum absolute atomic E-state index is 0.297. The summed E-state index contributed by atoms with van der Waals surface area (Å²) in [5.74, 6) is 0.944. The first-order chi connectivity index (χ1) is 11.7. The zero-order valence-electron chi connectivity index (χ0n) is 14.6. The maximum Gasteiger partial charge on any atom is 0.142 e. The Balaban J connectivity index is 1.68. The lowest BCUT2D eigenvalue weighted by atomic mass is 10.0. The number of benzene rings is 2. The van der Waals surface area contributed by atoms with Crippen molar-refractivity contribution in [1.82, 2.24) is 4.90 Å². The molecule has 128 valence electrons. The predicted octanol–water partition coefficient (Wildman–Crippen LogP) is 2.83. The molecule has 3 rings (SSSR count). The van der Waals surface area contributed by atoms with Crippen LogP contribution in [0, 0.1) is 6.92 Å². The highest BCUT2D eigenvalue weighted by Crippen LogP contribution is 2.30. The maximum atomic E-state index is 6.09. The number of piperazine rings is 1. The molecular formula is C20H27N3O. The Morgan fingerprint density at radius 1 is 1.00 bits per heavy atom. The first-order valence-corrected chi connectivity index (χ1v) is 8.61. The number of aryl methyl sites for hydroxylation is 1. The summed E-state index contributed by atoms with van der Waals surface area (Å²) in [6, 6.07) is 17.3. The van der Waals surface area contributed by atoms with Gasteiger partial charge in [0.15, 0.2) is 0 Å². The number of hydrogen-bond acceptors (Lipinski definition) is 4. The number of anilines is 1. The molecule has 1 fully saturated rings. The van der Waals surface area contributed by atoms with Crippen LogP contribution in [-0.2, 0) is 0 Å². The van der Waals surface area contributed by atoms with Crippen molar-refractivity contribution in [1.29, 1.82) is 0 Å². The summed E-state index contributed by atoms with van der Waals surface area (Å²) in [5.41, 5.74) is 9.87. The van der Waals surface area contributed by atoms with Crippen LogP contribution in [0.4, 0.5) is 5.69 Å². The first-order valence-electron chi connectivity index (χ1n) is 8.61. The van der Waals surface area contributed by atoms with Gasteiger partial charge in [-0.15, -0.1) is 0 Å². The SMILES string of the molecule is COc1ccccc1N1CCN([C@@H](CN)c2ccc(C)cc2)CC1. The van der Waals surface area contributed by atoms with Crippen molar-refractivity contribution in [3.05, 3.63) is 59.7 Å². The zero-order chi connectivity index (χ0) is 16.9. The number of ether oxygens (including phenoxy) is 1. The van der Waals surface area contributed by atoms with Gasteiger partial charge in [-0.2, -0.15) is 0 Å². The van der Waals surface area contributed by atoms with Crippen LogP contribution in [0.15, 0.2) is 48.5 Å². The van der Waals surface area contributed by atoms with Crippen LogP contribution in [0.25, 0.3) is 0 Å². The van der Waals surface area contributed by atoms with E-state index in [1.54, 1.807) is 7.11 Å². The van der Waals surface area contributed by atoms with E-state index >= 15 is 0 Å². The lowest BCUT2D eigenvalue weighted by Gasteiger charge is -2.40. The van der Waals surface area contributed by atoms with Crippen LogP contribution in [0.2, 0.25) is 0 Å². The van der Waals surface area contributed by atoms with E-state index in [4.69, 9.17) is 10.5 Å². The van der Waals surface area contributed by atoms with E-state index in [9.17, 15) is 0 Å². The monoisotopic (exact) mass is 325 g/mol. The number of nitrogens with two attached hydrogens (primary N) is 1. The van der Waals surface area contributed by atoms with Crippen LogP contribution >= 0.6 is 0 Å². The summed E-state index contributed by atoms with van der Waals surface area (Å²) in [6.07, 6.45) is 0. The average Bonchev–Trinajstić information content (AvgIpc) is 2.64. The second-order valence-corrected chi connectivity index (χ2v) is 6.36. The fourth-order valence-electron chi connectivity index (χ4n) is 3.45. The number of hydrogen-bond donors (Lipinski definition) is 1. The predicted molar refractivity (Wildman–Crippen MR) is 99.8 cm³/mol. The van der Waals surface area contributed by atoms with Crippen LogP contribution in [0.1, 0.15) is 17.2 Å². The molecule has 0 aromatic heterocycles. The number of para-hydroxylation sites is 2. The molecule has 0 radical (unpaired) electrons. The van der Waals surface area contributed by atoms with Gasteiger partial charge in [0, 0.05) is 38.8 Å². The van der Waals surface area contributed by atoms with Gasteiger partial charge in [0.05, 0.1) is 12.8 Å². The van der Waals surface area contributed by atoms with E-state index in [0.717, 1.165) is 31.9 Å². The van der Waals surface area contributed by atoms with Crippen molar-refractivity contribution in [3.8, 4) is 5.75 Å². The van der Waals surface area contributed by atoms with Gasteiger partial charge in [-0.1, -0.05) is 42.0 Å². The molecule has 0 amide bonds. The molecule has 1 atom stereocenters. The molecule has 0 saturated carbocycles. The fraction of sp³-hybridized carbons (Fsp3) is 0.400. The highest BCUT2D eigenvalue weighted by atomic mass is 16.5. The molecule has 24 heavy (non-hydrogen) atoms. The van der Waals surface area contributed by atoms with E-state index < -0.39 is 0 Å². The first kappa shape index (κ1) is 16.8. The van der Waals surface area contributed by atoms with Gasteiger partial charge in [-0.25, -0.2) is 0 Å². The van der Waals surface area contributed by atoms with Crippen LogP contribution in [0.3, 0.4) is 0 Å². The van der Waals surface area contributed by atoms with Gasteiger partial charge in [0.1, 0.15) is 5.75 Å². The van der Waals surface area contributed by atoms with Gasteiger partial charge in [0.2, 0.25) is 0 Å². The van der Waals surface area contributed by atoms with Gasteiger partial charge in [0.25, 0.3) is 0 Å². The summed E-state index contributed by atoms with van der Waals surface area (Å²) in [7, 11) is 1.73. The van der Waals surface area contributed by atoms with Crippen LogP contribution in [-0.4, -0.2) is 44.7 Å². The van der Waals surface area contributed by atoms with Gasteiger partial charge in [-0.05, 0) is 24.6 Å². The highest BCUT2D eigenvalue weighted by molar-refractivity contribution is 5.58. The second-order valence-electron chi connectivity index (χ2n) is 6.36. The van der Waals surface area contributed by atoms with E-state index in [1.807, 2.05) is 12.1 Å². The fourth-order valence-corrected chi connectivity index (χ4v) is 3.45. The molecule has 0 aliphatic carbocycles. The Kier molecular flexibility index (Phi) is 5.38. The molecule has 1 aliphatic heterocycles. The van der Waals surface area contributed by atoms with Crippen LogP contribution in [0.5, 0.6) is 5.75 Å². The molecule has 2 N–H and O–H groups in total. The van der Waals surface area contributed by atoms with Gasteiger partial charge >= 0.3 is 0 Å². The Morgan fingerprint density at radius 2 is 1.67 bits per heavy atom. The summed E-state index contributed by atoms with van der Waals surface area (Å²) < 4.78 is 5.50. The molecule has 4 nitrogen and oxygen atoms in total. The third-order valence-electron chi connectivity index (χ3n) is 4.87. The average molecular weight is 325 g/mol. The Hall–Kier alpha value is -2.04. The van der Waals surface area contributed by atoms with E-state index in [0.29, 0.717) is 12.6 Å². The highest BCUT2D eigenvalue weighted by Gasteiger charge is 2.25. The molecule has 2 aromatic carbocycles. The van der Waals surface area contributed by atoms with Crippen molar-refractivity contribution in [3.63, 3.8) is 0 Å². The molecule has 1 heterocycles. The second kappa shape index (κ2) is 7.69. The van der Waals surface area contributed by atoms with Gasteiger partial charge in [-0.3, -0.25) is 4.90 Å². The normalized spacial score (nSPS) is 16.9. The van der Waals surface area contributed by atoms with Crippen molar-refractivity contribution in [2.75, 3.05) is 44.7 Å². The summed E-state index contributed by atoms with van der Waals surface area (Å²) in [4.78, 5) is 4.90. The molecule has 0 bridgehead atoms. The van der Waals surface area contributed by atoms with Crippen molar-refractivity contribution >= 4 is 5.69 Å². The maximum absolute atomic E-state index is 6.09. The summed E-state index contributed by atoms with van der Waals surface area (Å²) in [5, 5.41) is 0. The molecule has 1 saturated heterocycles. The summed E-state index contributed by atoms with van der Waals surface area (Å²) >= 11 is 0. The standard InChI is InChI=1S/C20H27N3O/c1-16-7-9-17(10-8-16)19(15-21)23-13-11-22(12-14-23)18-5-3-4-6-20(18)24-2/h3-10,19H,11-15,21H2,1-2H3/t19-/m0/s1. The minimum Gasteiger partial charge on any atom is -0.495 e. The third kappa shape index (κ3) is 3.55. The van der Waals surface area contributed by atoms with E-state index in [2.05, 4.69) is 53.1 Å². The van der Waals surface area contributed by atoms with E-state index in [-0.39, 0.29) is 0 Å². The lowest BCUT2D eigenvalue weighted by Crippen LogP contribution is -2.49. The number of rotatable bonds is 5. The van der Waals surface area contributed by atoms with Crippen LogP contribution < -0.4 is 15.4 Å². The summed E-state index contributed by atoms with van der Waals surface area (Å²) in [6.45, 7) is 6.76. The zero-order valence-corrected chi connectivity index (χ0v) is 14.6. The Morgan fingerprint density at radius 3 is 2.29 bits per heavy atom. The number of nitrogens with zero attached hydrogens (tertiary/aromatic N) is 2. The molecule has 1 aliphatic rings.